The zero-order chi connectivity index (χ0) is 14.3. The largest absolute Gasteiger partial charge is 0.481 e. The maximum Gasteiger partial charge on any atom is 0.303 e. The van der Waals surface area contributed by atoms with Gasteiger partial charge in [0.15, 0.2) is 0 Å². The van der Waals surface area contributed by atoms with Crippen molar-refractivity contribution in [1.29, 1.82) is 0 Å². The summed E-state index contributed by atoms with van der Waals surface area (Å²) in [5.74, 6) is 0.196. The lowest BCUT2D eigenvalue weighted by Gasteiger charge is -2.10. The molecule has 0 saturated carbocycles. The van der Waals surface area contributed by atoms with Gasteiger partial charge in [0.05, 0.1) is 0 Å². The maximum atomic E-state index is 10.4. The van der Waals surface area contributed by atoms with E-state index in [4.69, 9.17) is 5.11 Å². The first-order valence-corrected chi connectivity index (χ1v) is 8.38. The van der Waals surface area contributed by atoms with Crippen LogP contribution in [0.5, 0.6) is 0 Å². The summed E-state index contributed by atoms with van der Waals surface area (Å²) in [6.07, 6.45) is 15.8. The lowest BCUT2D eigenvalue weighted by Crippen LogP contribution is -1.96. The van der Waals surface area contributed by atoms with Crippen LogP contribution < -0.4 is 0 Å². The van der Waals surface area contributed by atoms with Gasteiger partial charge in [-0.15, -0.1) is 0 Å². The van der Waals surface area contributed by atoms with E-state index < -0.39 is 5.97 Å². The predicted octanol–water partition coefficient (Wildman–Crippen LogP) is 5.80. The van der Waals surface area contributed by atoms with E-state index in [0.717, 1.165) is 18.8 Å². The van der Waals surface area contributed by atoms with Crippen LogP contribution in [0.1, 0.15) is 97.3 Å². The summed E-state index contributed by atoms with van der Waals surface area (Å²) in [5, 5.41) is 8.53. The molecule has 0 fully saturated rings. The van der Waals surface area contributed by atoms with Crippen molar-refractivity contribution >= 4 is 5.97 Å². The van der Waals surface area contributed by atoms with E-state index in [1.54, 1.807) is 0 Å². The molecular formula is C17H34O2. The number of rotatable bonds is 14. The number of unbranched alkanes of at least 4 members (excludes halogenated alkanes) is 8. The first kappa shape index (κ1) is 18.5. The second-order valence-corrected chi connectivity index (χ2v) is 6.01. The van der Waals surface area contributed by atoms with Gasteiger partial charge in [0, 0.05) is 6.42 Å². The van der Waals surface area contributed by atoms with Crippen LogP contribution in [0.2, 0.25) is 0 Å². The van der Waals surface area contributed by atoms with Gasteiger partial charge >= 0.3 is 5.97 Å². The normalized spacial score (nSPS) is 12.5. The number of carboxylic acid groups (broad SMARTS) is 1. The summed E-state index contributed by atoms with van der Waals surface area (Å²) in [6.45, 7) is 4.63. The van der Waals surface area contributed by atoms with Crippen LogP contribution in [0.4, 0.5) is 0 Å². The highest BCUT2D eigenvalue weighted by Crippen LogP contribution is 2.18. The molecule has 1 N–H and O–H groups in total. The lowest BCUT2D eigenvalue weighted by molar-refractivity contribution is -0.137. The van der Waals surface area contributed by atoms with Gasteiger partial charge in [0.25, 0.3) is 0 Å². The minimum absolute atomic E-state index is 0.341. The van der Waals surface area contributed by atoms with Gasteiger partial charge in [0.1, 0.15) is 0 Å². The van der Waals surface area contributed by atoms with Crippen molar-refractivity contribution in [3.8, 4) is 0 Å². The highest BCUT2D eigenvalue weighted by atomic mass is 16.4. The highest BCUT2D eigenvalue weighted by molar-refractivity contribution is 5.66. The molecule has 0 bridgehead atoms. The van der Waals surface area contributed by atoms with Crippen molar-refractivity contribution in [2.45, 2.75) is 97.3 Å². The Balaban J connectivity index is 3.16. The van der Waals surface area contributed by atoms with Crippen molar-refractivity contribution in [3.05, 3.63) is 0 Å². The molecule has 19 heavy (non-hydrogen) atoms. The smallest absolute Gasteiger partial charge is 0.303 e. The zero-order valence-electron chi connectivity index (χ0n) is 13.1. The minimum atomic E-state index is -0.656. The van der Waals surface area contributed by atoms with E-state index in [9.17, 15) is 4.79 Å². The molecule has 1 unspecified atom stereocenters. The lowest BCUT2D eigenvalue weighted by atomic mass is 9.96. The molecule has 0 heterocycles. The van der Waals surface area contributed by atoms with E-state index in [0.29, 0.717) is 6.42 Å². The van der Waals surface area contributed by atoms with E-state index in [1.807, 2.05) is 0 Å². The predicted molar refractivity (Wildman–Crippen MR) is 82.5 cm³/mol. The molecule has 0 aliphatic heterocycles. The summed E-state index contributed by atoms with van der Waals surface area (Å²) in [7, 11) is 0. The Labute approximate surface area is 120 Å². The van der Waals surface area contributed by atoms with Crippen molar-refractivity contribution in [1.82, 2.24) is 0 Å². The van der Waals surface area contributed by atoms with Crippen molar-refractivity contribution in [3.63, 3.8) is 0 Å². The van der Waals surface area contributed by atoms with Crippen LogP contribution in [0, 0.1) is 5.92 Å². The van der Waals surface area contributed by atoms with Gasteiger partial charge in [-0.1, -0.05) is 84.5 Å². The minimum Gasteiger partial charge on any atom is -0.481 e. The molecule has 114 valence electrons. The molecule has 0 amide bonds. The van der Waals surface area contributed by atoms with Gasteiger partial charge < -0.3 is 5.11 Å². The summed E-state index contributed by atoms with van der Waals surface area (Å²) in [4.78, 5) is 10.4. The Morgan fingerprint density at radius 1 is 0.842 bits per heavy atom. The number of hydrogen-bond donors (Lipinski definition) is 1. The molecule has 0 aromatic carbocycles. The van der Waals surface area contributed by atoms with E-state index in [-0.39, 0.29) is 0 Å². The maximum absolute atomic E-state index is 10.4. The third kappa shape index (κ3) is 15.4. The summed E-state index contributed by atoms with van der Waals surface area (Å²) in [5.41, 5.74) is 0. The van der Waals surface area contributed by atoms with E-state index >= 15 is 0 Å². The Morgan fingerprint density at radius 2 is 1.32 bits per heavy atom. The van der Waals surface area contributed by atoms with E-state index in [2.05, 4.69) is 13.8 Å². The van der Waals surface area contributed by atoms with Gasteiger partial charge in [0.2, 0.25) is 0 Å². The van der Waals surface area contributed by atoms with Crippen LogP contribution in [0.3, 0.4) is 0 Å². The van der Waals surface area contributed by atoms with Crippen molar-refractivity contribution < 1.29 is 9.90 Å². The molecule has 0 radical (unpaired) electrons. The SMILES string of the molecule is CCCCCCCCC(C)CCCCCCC(=O)O. The van der Waals surface area contributed by atoms with Crippen LogP contribution in [0.15, 0.2) is 0 Å². The average Bonchev–Trinajstić information content (AvgIpc) is 2.37. The first-order chi connectivity index (χ1) is 9.16. The van der Waals surface area contributed by atoms with Crippen LogP contribution in [0.25, 0.3) is 0 Å². The fraction of sp³-hybridized carbons (Fsp3) is 0.941. The molecule has 0 spiro atoms. The molecule has 0 aromatic heterocycles. The Kier molecular flexibility index (Phi) is 13.5. The monoisotopic (exact) mass is 270 g/mol. The first-order valence-electron chi connectivity index (χ1n) is 8.38. The summed E-state index contributed by atoms with van der Waals surface area (Å²) in [6, 6.07) is 0. The van der Waals surface area contributed by atoms with Crippen molar-refractivity contribution in [2.24, 2.45) is 5.92 Å². The standard InChI is InChI=1S/C17H34O2/c1-3-4-5-6-7-10-13-16(2)14-11-8-9-12-15-17(18)19/h16H,3-15H2,1-2H3,(H,18,19). The third-order valence-corrected chi connectivity index (χ3v) is 3.89. The molecule has 0 saturated heterocycles. The summed E-state index contributed by atoms with van der Waals surface area (Å²) >= 11 is 0. The van der Waals surface area contributed by atoms with Crippen LogP contribution >= 0.6 is 0 Å². The van der Waals surface area contributed by atoms with Gasteiger partial charge in [-0.3, -0.25) is 4.79 Å². The molecule has 0 aromatic rings. The molecule has 2 heteroatoms. The fourth-order valence-corrected chi connectivity index (χ4v) is 2.54. The van der Waals surface area contributed by atoms with Crippen LogP contribution in [-0.2, 0) is 4.79 Å². The summed E-state index contributed by atoms with van der Waals surface area (Å²) < 4.78 is 0. The second kappa shape index (κ2) is 13.9. The van der Waals surface area contributed by atoms with Crippen LogP contribution in [-0.4, -0.2) is 11.1 Å². The topological polar surface area (TPSA) is 37.3 Å². The Hall–Kier alpha value is -0.530. The zero-order valence-corrected chi connectivity index (χ0v) is 13.1. The molecule has 0 aliphatic rings. The van der Waals surface area contributed by atoms with Gasteiger partial charge in [-0.25, -0.2) is 0 Å². The molecule has 0 aliphatic carbocycles. The Bertz CT molecular complexity index is 201. The number of aliphatic carboxylic acids is 1. The molecular weight excluding hydrogens is 236 g/mol. The molecule has 2 nitrogen and oxygen atoms in total. The number of carbonyl (C=O) groups is 1. The van der Waals surface area contributed by atoms with E-state index in [1.165, 1.54) is 64.2 Å². The third-order valence-electron chi connectivity index (χ3n) is 3.89. The van der Waals surface area contributed by atoms with Gasteiger partial charge in [-0.2, -0.15) is 0 Å². The average molecular weight is 270 g/mol. The molecule has 1 atom stereocenters. The number of hydrogen-bond acceptors (Lipinski definition) is 1. The number of carboxylic acids is 1. The van der Waals surface area contributed by atoms with Crippen molar-refractivity contribution in [2.75, 3.05) is 0 Å². The Morgan fingerprint density at radius 3 is 1.84 bits per heavy atom. The quantitative estimate of drug-likeness (QED) is 0.405. The van der Waals surface area contributed by atoms with Gasteiger partial charge in [-0.05, 0) is 12.3 Å². The highest BCUT2D eigenvalue weighted by Gasteiger charge is 2.02. The molecule has 0 rings (SSSR count). The fourth-order valence-electron chi connectivity index (χ4n) is 2.54. The second-order valence-electron chi connectivity index (χ2n) is 6.01.